The van der Waals surface area contributed by atoms with Gasteiger partial charge in [-0.2, -0.15) is 0 Å². The minimum absolute atomic E-state index is 0.107. The van der Waals surface area contributed by atoms with E-state index in [1.165, 1.54) is 11.8 Å². The third-order valence-electron chi connectivity index (χ3n) is 2.68. The lowest BCUT2D eigenvalue weighted by Gasteiger charge is -2.13. The first-order chi connectivity index (χ1) is 10.6. The van der Waals surface area contributed by atoms with Gasteiger partial charge in [-0.15, -0.1) is 11.8 Å². The Balaban J connectivity index is 2.04. The molecule has 2 aromatic rings. The molecule has 0 radical (unpaired) electrons. The Morgan fingerprint density at radius 1 is 1.32 bits per heavy atom. The summed E-state index contributed by atoms with van der Waals surface area (Å²) in [5.41, 5.74) is 0.569. The topological polar surface area (TPSA) is 38.3 Å². The van der Waals surface area contributed by atoms with E-state index >= 15 is 0 Å². The van der Waals surface area contributed by atoms with Crippen LogP contribution in [0.4, 0.5) is 5.69 Å². The van der Waals surface area contributed by atoms with Crippen molar-refractivity contribution in [1.29, 1.82) is 0 Å². The predicted molar refractivity (Wildman–Crippen MR) is 96.1 cm³/mol. The summed E-state index contributed by atoms with van der Waals surface area (Å²) in [6, 6.07) is 13.2. The Morgan fingerprint density at radius 3 is 2.73 bits per heavy atom. The molecule has 0 saturated heterocycles. The quantitative estimate of drug-likeness (QED) is 0.675. The lowest BCUT2D eigenvalue weighted by atomic mass is 10.3. The van der Waals surface area contributed by atoms with Crippen LogP contribution in [0, 0.1) is 0 Å². The van der Waals surface area contributed by atoms with Crippen molar-refractivity contribution in [2.24, 2.45) is 0 Å². The number of amides is 1. The largest absolute Gasteiger partial charge is 0.491 e. The van der Waals surface area contributed by atoms with Gasteiger partial charge in [-0.05, 0) is 47.1 Å². The van der Waals surface area contributed by atoms with E-state index < -0.39 is 0 Å². The van der Waals surface area contributed by atoms with Crippen LogP contribution in [0.2, 0.25) is 5.02 Å². The first-order valence-electron chi connectivity index (χ1n) is 6.69. The minimum Gasteiger partial charge on any atom is -0.491 e. The van der Waals surface area contributed by atoms with Crippen molar-refractivity contribution in [2.45, 2.75) is 11.8 Å². The molecule has 0 saturated carbocycles. The predicted octanol–water partition coefficient (Wildman–Crippen LogP) is 5.23. The number of anilines is 1. The van der Waals surface area contributed by atoms with E-state index in [9.17, 15) is 4.79 Å². The Labute approximate surface area is 147 Å². The molecular weight excluding hydrogens is 386 g/mol. The van der Waals surface area contributed by atoms with Gasteiger partial charge < -0.3 is 10.1 Å². The maximum Gasteiger partial charge on any atom is 0.234 e. The van der Waals surface area contributed by atoms with Gasteiger partial charge in [0.1, 0.15) is 0 Å². The molecule has 116 valence electrons. The lowest BCUT2D eigenvalue weighted by Crippen LogP contribution is -2.15. The number of ether oxygens (including phenoxy) is 1. The van der Waals surface area contributed by atoms with Gasteiger partial charge in [0, 0.05) is 9.92 Å². The van der Waals surface area contributed by atoms with Crippen molar-refractivity contribution < 1.29 is 9.53 Å². The van der Waals surface area contributed by atoms with E-state index in [1.807, 2.05) is 37.3 Å². The molecule has 2 rings (SSSR count). The van der Waals surface area contributed by atoms with Crippen LogP contribution in [0.15, 0.2) is 51.8 Å². The maximum atomic E-state index is 12.1. The molecule has 0 unspecified atom stereocenters. The number of hydrogen-bond acceptors (Lipinski definition) is 3. The summed E-state index contributed by atoms with van der Waals surface area (Å²) in [6.07, 6.45) is 0. The monoisotopic (exact) mass is 399 g/mol. The van der Waals surface area contributed by atoms with E-state index in [2.05, 4.69) is 21.2 Å². The highest BCUT2D eigenvalue weighted by Crippen LogP contribution is 2.36. The molecule has 0 spiro atoms. The second-order valence-electron chi connectivity index (χ2n) is 4.35. The SMILES string of the molecule is CCOc1c(Br)cc(Cl)cc1NC(=O)CSc1ccccc1. The molecule has 0 fully saturated rings. The highest BCUT2D eigenvalue weighted by atomic mass is 79.9. The van der Waals surface area contributed by atoms with Crippen molar-refractivity contribution >= 4 is 50.9 Å². The molecule has 1 amide bonds. The van der Waals surface area contributed by atoms with Crippen molar-refractivity contribution in [3.05, 3.63) is 52.0 Å². The summed E-state index contributed by atoms with van der Waals surface area (Å²) >= 11 is 10.9. The van der Waals surface area contributed by atoms with Crippen LogP contribution < -0.4 is 10.1 Å². The molecule has 2 aromatic carbocycles. The Kier molecular flexibility index (Phi) is 6.61. The molecule has 3 nitrogen and oxygen atoms in total. The Morgan fingerprint density at radius 2 is 2.05 bits per heavy atom. The summed E-state index contributed by atoms with van der Waals surface area (Å²) < 4.78 is 6.28. The van der Waals surface area contributed by atoms with Crippen molar-refractivity contribution in [3.8, 4) is 5.75 Å². The second kappa shape index (κ2) is 8.46. The van der Waals surface area contributed by atoms with E-state index in [4.69, 9.17) is 16.3 Å². The standard InChI is InChI=1S/C16H15BrClNO2S/c1-2-21-16-13(17)8-11(18)9-14(16)19-15(20)10-22-12-6-4-3-5-7-12/h3-9H,2,10H2,1H3,(H,19,20). The highest BCUT2D eigenvalue weighted by Gasteiger charge is 2.13. The number of carbonyl (C=O) groups excluding carboxylic acids is 1. The third-order valence-corrected chi connectivity index (χ3v) is 4.50. The molecule has 0 heterocycles. The number of nitrogens with one attached hydrogen (secondary N) is 1. The number of hydrogen-bond donors (Lipinski definition) is 1. The van der Waals surface area contributed by atoms with Crippen LogP contribution in [0.3, 0.4) is 0 Å². The van der Waals surface area contributed by atoms with E-state index in [0.717, 1.165) is 4.90 Å². The van der Waals surface area contributed by atoms with Crippen LogP contribution in [0.5, 0.6) is 5.75 Å². The van der Waals surface area contributed by atoms with Gasteiger partial charge in [-0.1, -0.05) is 29.8 Å². The molecule has 0 atom stereocenters. The van der Waals surface area contributed by atoms with Gasteiger partial charge in [0.25, 0.3) is 0 Å². The normalized spacial score (nSPS) is 10.3. The first-order valence-corrected chi connectivity index (χ1v) is 8.85. The summed E-state index contributed by atoms with van der Waals surface area (Å²) in [4.78, 5) is 13.2. The molecule has 0 aliphatic heterocycles. The van der Waals surface area contributed by atoms with Crippen LogP contribution in [-0.4, -0.2) is 18.3 Å². The fourth-order valence-corrected chi connectivity index (χ4v) is 3.44. The van der Waals surface area contributed by atoms with Gasteiger partial charge in [0.15, 0.2) is 5.75 Å². The number of rotatable bonds is 6. The van der Waals surface area contributed by atoms with Crippen molar-refractivity contribution in [3.63, 3.8) is 0 Å². The number of halogens is 2. The number of benzene rings is 2. The zero-order valence-electron chi connectivity index (χ0n) is 11.9. The van der Waals surface area contributed by atoms with Gasteiger partial charge in [-0.25, -0.2) is 0 Å². The van der Waals surface area contributed by atoms with Crippen molar-refractivity contribution in [1.82, 2.24) is 0 Å². The minimum atomic E-state index is -0.107. The molecule has 0 aliphatic rings. The molecule has 0 aliphatic carbocycles. The molecule has 6 heteroatoms. The molecule has 0 bridgehead atoms. The van der Waals surface area contributed by atoms with Crippen LogP contribution in [0.25, 0.3) is 0 Å². The number of thioether (sulfide) groups is 1. The zero-order chi connectivity index (χ0) is 15.9. The first kappa shape index (κ1) is 17.2. The summed E-state index contributed by atoms with van der Waals surface area (Å²) in [6.45, 7) is 2.39. The molecule has 22 heavy (non-hydrogen) atoms. The van der Waals surface area contributed by atoms with E-state index in [-0.39, 0.29) is 5.91 Å². The Bertz CT molecular complexity index is 652. The molecular formula is C16H15BrClNO2S. The van der Waals surface area contributed by atoms with Gasteiger partial charge >= 0.3 is 0 Å². The Hall–Kier alpha value is -1.17. The highest BCUT2D eigenvalue weighted by molar-refractivity contribution is 9.10. The summed E-state index contributed by atoms with van der Waals surface area (Å²) in [5, 5.41) is 3.38. The third kappa shape index (κ3) is 4.93. The van der Waals surface area contributed by atoms with Crippen LogP contribution >= 0.6 is 39.3 Å². The van der Waals surface area contributed by atoms with E-state index in [1.54, 1.807) is 12.1 Å². The van der Waals surface area contributed by atoms with Gasteiger partial charge in [0.05, 0.1) is 22.5 Å². The second-order valence-corrected chi connectivity index (χ2v) is 6.69. The summed E-state index contributed by atoms with van der Waals surface area (Å²) in [5.74, 6) is 0.800. The average molecular weight is 401 g/mol. The molecule has 1 N–H and O–H groups in total. The van der Waals surface area contributed by atoms with E-state index in [0.29, 0.717) is 33.3 Å². The maximum absolute atomic E-state index is 12.1. The van der Waals surface area contributed by atoms with Gasteiger partial charge in [0.2, 0.25) is 5.91 Å². The number of carbonyl (C=O) groups is 1. The lowest BCUT2D eigenvalue weighted by molar-refractivity contribution is -0.113. The molecule has 0 aromatic heterocycles. The fourth-order valence-electron chi connectivity index (χ4n) is 1.80. The summed E-state index contributed by atoms with van der Waals surface area (Å²) in [7, 11) is 0. The zero-order valence-corrected chi connectivity index (χ0v) is 15.1. The fraction of sp³-hybridized carbons (Fsp3) is 0.188. The van der Waals surface area contributed by atoms with Gasteiger partial charge in [-0.3, -0.25) is 4.79 Å². The average Bonchev–Trinajstić information content (AvgIpc) is 2.50. The smallest absolute Gasteiger partial charge is 0.234 e. The van der Waals surface area contributed by atoms with Crippen LogP contribution in [0.1, 0.15) is 6.92 Å². The van der Waals surface area contributed by atoms with Crippen LogP contribution in [-0.2, 0) is 4.79 Å². The van der Waals surface area contributed by atoms with Crippen molar-refractivity contribution in [2.75, 3.05) is 17.7 Å².